The van der Waals surface area contributed by atoms with Gasteiger partial charge in [-0.3, -0.25) is 10.1 Å². The SMILES string of the molecule is NCC1(c2ccccc2[N+](=O)[O-])CCCCC1. The van der Waals surface area contributed by atoms with Gasteiger partial charge in [0.25, 0.3) is 5.69 Å². The summed E-state index contributed by atoms with van der Waals surface area (Å²) in [4.78, 5) is 10.8. The molecular formula is C13H18N2O2. The van der Waals surface area contributed by atoms with Crippen molar-refractivity contribution in [1.82, 2.24) is 0 Å². The van der Waals surface area contributed by atoms with Crippen molar-refractivity contribution in [2.75, 3.05) is 6.54 Å². The Labute approximate surface area is 101 Å². The maximum Gasteiger partial charge on any atom is 0.273 e. The molecule has 1 fully saturated rings. The van der Waals surface area contributed by atoms with Crippen molar-refractivity contribution in [1.29, 1.82) is 0 Å². The van der Waals surface area contributed by atoms with E-state index in [1.165, 1.54) is 6.42 Å². The molecular weight excluding hydrogens is 216 g/mol. The summed E-state index contributed by atoms with van der Waals surface area (Å²) in [5.74, 6) is 0. The van der Waals surface area contributed by atoms with E-state index in [4.69, 9.17) is 5.73 Å². The van der Waals surface area contributed by atoms with Crippen LogP contribution in [-0.4, -0.2) is 11.5 Å². The van der Waals surface area contributed by atoms with Gasteiger partial charge in [-0.05, 0) is 12.8 Å². The van der Waals surface area contributed by atoms with E-state index in [2.05, 4.69) is 0 Å². The van der Waals surface area contributed by atoms with Crippen molar-refractivity contribution in [3.8, 4) is 0 Å². The second kappa shape index (κ2) is 4.84. The normalized spacial score (nSPS) is 18.9. The fourth-order valence-electron chi connectivity index (χ4n) is 2.89. The number of para-hydroxylation sites is 1. The summed E-state index contributed by atoms with van der Waals surface area (Å²) in [7, 11) is 0. The lowest BCUT2D eigenvalue weighted by Crippen LogP contribution is -2.37. The number of rotatable bonds is 3. The minimum absolute atomic E-state index is 0.179. The summed E-state index contributed by atoms with van der Waals surface area (Å²) in [6.07, 6.45) is 5.37. The predicted molar refractivity (Wildman–Crippen MR) is 66.9 cm³/mol. The molecule has 0 bridgehead atoms. The minimum Gasteiger partial charge on any atom is -0.330 e. The molecule has 0 unspecified atom stereocenters. The Morgan fingerprint density at radius 2 is 1.88 bits per heavy atom. The van der Waals surface area contributed by atoms with Gasteiger partial charge in [0.15, 0.2) is 0 Å². The zero-order valence-corrected chi connectivity index (χ0v) is 9.89. The minimum atomic E-state index is -0.290. The predicted octanol–water partition coefficient (Wildman–Crippen LogP) is 2.76. The van der Waals surface area contributed by atoms with Gasteiger partial charge in [-0.15, -0.1) is 0 Å². The van der Waals surface area contributed by atoms with E-state index in [1.54, 1.807) is 12.1 Å². The topological polar surface area (TPSA) is 69.2 Å². The molecule has 92 valence electrons. The van der Waals surface area contributed by atoms with Crippen LogP contribution in [-0.2, 0) is 5.41 Å². The molecule has 1 aliphatic rings. The summed E-state index contributed by atoms with van der Waals surface area (Å²) >= 11 is 0. The third-order valence-electron chi connectivity index (χ3n) is 3.87. The molecule has 17 heavy (non-hydrogen) atoms. The van der Waals surface area contributed by atoms with Crippen LogP contribution in [0.2, 0.25) is 0 Å². The Kier molecular flexibility index (Phi) is 3.43. The number of benzene rings is 1. The van der Waals surface area contributed by atoms with Crippen LogP contribution < -0.4 is 5.73 Å². The molecule has 4 heteroatoms. The Morgan fingerprint density at radius 3 is 2.47 bits per heavy atom. The average molecular weight is 234 g/mol. The maximum absolute atomic E-state index is 11.1. The lowest BCUT2D eigenvalue weighted by molar-refractivity contribution is -0.386. The van der Waals surface area contributed by atoms with Gasteiger partial charge in [0.1, 0.15) is 0 Å². The maximum atomic E-state index is 11.1. The molecule has 0 aliphatic heterocycles. The standard InChI is InChI=1S/C13H18N2O2/c14-10-13(8-4-1-5-9-13)11-6-2-3-7-12(11)15(16)17/h2-3,6-7H,1,4-5,8-10,14H2. The molecule has 0 spiro atoms. The second-order valence-electron chi connectivity index (χ2n) is 4.82. The number of nitrogens with zero attached hydrogens (tertiary/aromatic N) is 1. The first kappa shape index (κ1) is 12.0. The molecule has 0 saturated heterocycles. The van der Waals surface area contributed by atoms with E-state index < -0.39 is 0 Å². The molecule has 1 aromatic carbocycles. The molecule has 1 aliphatic carbocycles. The third-order valence-corrected chi connectivity index (χ3v) is 3.87. The summed E-state index contributed by atoms with van der Waals surface area (Å²) < 4.78 is 0. The highest BCUT2D eigenvalue weighted by Gasteiger charge is 2.37. The molecule has 0 heterocycles. The smallest absolute Gasteiger partial charge is 0.273 e. The molecule has 0 radical (unpaired) electrons. The molecule has 2 N–H and O–H groups in total. The first-order valence-electron chi connectivity index (χ1n) is 6.14. The van der Waals surface area contributed by atoms with Crippen LogP contribution in [0.5, 0.6) is 0 Å². The van der Waals surface area contributed by atoms with Gasteiger partial charge in [-0.25, -0.2) is 0 Å². The third kappa shape index (κ3) is 2.17. The number of hydrogen-bond acceptors (Lipinski definition) is 3. The fourth-order valence-corrected chi connectivity index (χ4v) is 2.89. The summed E-state index contributed by atoms with van der Waals surface area (Å²) in [6.45, 7) is 0.498. The highest BCUT2D eigenvalue weighted by molar-refractivity contribution is 5.45. The zero-order chi connectivity index (χ0) is 12.3. The lowest BCUT2D eigenvalue weighted by Gasteiger charge is -2.36. The highest BCUT2D eigenvalue weighted by Crippen LogP contribution is 2.42. The van der Waals surface area contributed by atoms with Gasteiger partial charge in [0.2, 0.25) is 0 Å². The first-order chi connectivity index (χ1) is 8.19. The van der Waals surface area contributed by atoms with E-state index in [9.17, 15) is 10.1 Å². The Balaban J connectivity index is 2.46. The largest absolute Gasteiger partial charge is 0.330 e. The molecule has 1 saturated carbocycles. The fraction of sp³-hybridized carbons (Fsp3) is 0.538. The van der Waals surface area contributed by atoms with Crippen molar-refractivity contribution >= 4 is 5.69 Å². The van der Waals surface area contributed by atoms with E-state index in [0.29, 0.717) is 6.54 Å². The van der Waals surface area contributed by atoms with Gasteiger partial charge in [0, 0.05) is 23.6 Å². The molecule has 1 aromatic rings. The molecule has 4 nitrogen and oxygen atoms in total. The summed E-state index contributed by atoms with van der Waals surface area (Å²) in [5, 5.41) is 11.1. The summed E-state index contributed by atoms with van der Waals surface area (Å²) in [6, 6.07) is 7.04. The van der Waals surface area contributed by atoms with Crippen molar-refractivity contribution in [2.45, 2.75) is 37.5 Å². The Hall–Kier alpha value is -1.42. The van der Waals surface area contributed by atoms with Crippen LogP contribution >= 0.6 is 0 Å². The van der Waals surface area contributed by atoms with E-state index in [1.807, 2.05) is 12.1 Å². The van der Waals surface area contributed by atoms with Crippen molar-refractivity contribution in [2.24, 2.45) is 5.73 Å². The van der Waals surface area contributed by atoms with Gasteiger partial charge in [-0.2, -0.15) is 0 Å². The van der Waals surface area contributed by atoms with Gasteiger partial charge >= 0.3 is 0 Å². The molecule has 0 aromatic heterocycles. The van der Waals surface area contributed by atoms with E-state index >= 15 is 0 Å². The molecule has 0 amide bonds. The average Bonchev–Trinajstić information content (AvgIpc) is 2.39. The Morgan fingerprint density at radius 1 is 1.24 bits per heavy atom. The number of nitro benzene ring substituents is 1. The van der Waals surface area contributed by atoms with Crippen LogP contribution in [0.3, 0.4) is 0 Å². The Bertz CT molecular complexity index is 412. The van der Waals surface area contributed by atoms with E-state index in [0.717, 1.165) is 31.2 Å². The van der Waals surface area contributed by atoms with Gasteiger partial charge < -0.3 is 5.73 Å². The lowest BCUT2D eigenvalue weighted by atomic mass is 9.69. The first-order valence-corrected chi connectivity index (χ1v) is 6.14. The van der Waals surface area contributed by atoms with Crippen LogP contribution in [0.4, 0.5) is 5.69 Å². The van der Waals surface area contributed by atoms with Crippen LogP contribution in [0.15, 0.2) is 24.3 Å². The van der Waals surface area contributed by atoms with Crippen molar-refractivity contribution in [3.63, 3.8) is 0 Å². The quantitative estimate of drug-likeness (QED) is 0.645. The second-order valence-corrected chi connectivity index (χ2v) is 4.82. The number of nitrogens with two attached hydrogens (primary N) is 1. The number of nitro groups is 1. The van der Waals surface area contributed by atoms with Crippen LogP contribution in [0.25, 0.3) is 0 Å². The molecule has 2 rings (SSSR count). The highest BCUT2D eigenvalue weighted by atomic mass is 16.6. The number of hydrogen-bond donors (Lipinski definition) is 1. The van der Waals surface area contributed by atoms with Gasteiger partial charge in [0.05, 0.1) is 4.92 Å². The summed E-state index contributed by atoms with van der Waals surface area (Å²) in [5.41, 5.74) is 6.79. The van der Waals surface area contributed by atoms with E-state index in [-0.39, 0.29) is 16.0 Å². The van der Waals surface area contributed by atoms with Crippen molar-refractivity contribution in [3.05, 3.63) is 39.9 Å². The monoisotopic (exact) mass is 234 g/mol. The van der Waals surface area contributed by atoms with Gasteiger partial charge in [-0.1, -0.05) is 37.5 Å². The van der Waals surface area contributed by atoms with Crippen molar-refractivity contribution < 1.29 is 4.92 Å². The van der Waals surface area contributed by atoms with Crippen LogP contribution in [0.1, 0.15) is 37.7 Å². The van der Waals surface area contributed by atoms with Crippen LogP contribution in [0, 0.1) is 10.1 Å². The molecule has 0 atom stereocenters. The zero-order valence-electron chi connectivity index (χ0n) is 9.89.